The number of hydrogen-bond acceptors (Lipinski definition) is 6. The molecule has 3 aromatic carbocycles. The number of amides is 2. The fourth-order valence-corrected chi connectivity index (χ4v) is 7.10. The monoisotopic (exact) mass is 614 g/mol. The van der Waals surface area contributed by atoms with E-state index in [1.807, 2.05) is 0 Å². The van der Waals surface area contributed by atoms with Gasteiger partial charge in [-0.1, -0.05) is 18.2 Å². The van der Waals surface area contributed by atoms with Crippen LogP contribution >= 0.6 is 0 Å². The van der Waals surface area contributed by atoms with Gasteiger partial charge in [-0.25, -0.2) is 8.78 Å². The molecule has 8 nitrogen and oxygen atoms in total. The summed E-state index contributed by atoms with van der Waals surface area (Å²) in [5.74, 6) is -0.825. The smallest absolute Gasteiger partial charge is 0.254 e. The van der Waals surface area contributed by atoms with Crippen LogP contribution in [0.1, 0.15) is 75.2 Å². The summed E-state index contributed by atoms with van der Waals surface area (Å²) < 4.78 is 39.7. The zero-order valence-corrected chi connectivity index (χ0v) is 24.7. The van der Waals surface area contributed by atoms with Crippen molar-refractivity contribution in [1.82, 2.24) is 9.80 Å². The number of carbonyl (C=O) groups is 4. The molecule has 4 aliphatic heterocycles. The van der Waals surface area contributed by atoms with Crippen molar-refractivity contribution < 1.29 is 37.4 Å². The molecule has 3 aromatic rings. The molecule has 0 aromatic heterocycles. The van der Waals surface area contributed by atoms with Crippen LogP contribution in [-0.2, 0) is 11.2 Å². The van der Waals surface area contributed by atoms with Crippen LogP contribution in [0.15, 0.2) is 60.7 Å². The van der Waals surface area contributed by atoms with Crippen molar-refractivity contribution in [2.75, 3.05) is 26.2 Å². The minimum atomic E-state index is -0.731. The molecular formula is C35H32F2N2O6. The summed E-state index contributed by atoms with van der Waals surface area (Å²) in [6.07, 6.45) is 2.20. The van der Waals surface area contributed by atoms with Gasteiger partial charge < -0.3 is 19.3 Å². The van der Waals surface area contributed by atoms with E-state index in [1.165, 1.54) is 36.4 Å². The maximum absolute atomic E-state index is 13.7. The number of nitrogens with zero attached hydrogens (tertiary/aromatic N) is 2. The second-order valence-corrected chi connectivity index (χ2v) is 12.6. The number of ketones is 2. The second-order valence-electron chi connectivity index (χ2n) is 12.6. The normalized spacial score (nSPS) is 19.9. The Labute approximate surface area is 258 Å². The number of piperidine rings is 2. The van der Waals surface area contributed by atoms with Gasteiger partial charge in [-0.05, 0) is 48.0 Å². The van der Waals surface area contributed by atoms with E-state index in [1.54, 1.807) is 34.1 Å². The van der Waals surface area contributed by atoms with E-state index >= 15 is 0 Å². The number of benzene rings is 3. The van der Waals surface area contributed by atoms with E-state index in [2.05, 4.69) is 0 Å². The molecule has 232 valence electrons. The molecule has 4 heterocycles. The molecule has 45 heavy (non-hydrogen) atoms. The van der Waals surface area contributed by atoms with E-state index in [0.29, 0.717) is 74.5 Å². The van der Waals surface area contributed by atoms with Gasteiger partial charge in [-0.3, -0.25) is 19.2 Å². The van der Waals surface area contributed by atoms with Crippen molar-refractivity contribution in [3.8, 4) is 11.5 Å². The van der Waals surface area contributed by atoms with Gasteiger partial charge >= 0.3 is 0 Å². The molecule has 10 heteroatoms. The van der Waals surface area contributed by atoms with Crippen molar-refractivity contribution in [3.63, 3.8) is 0 Å². The topological polar surface area (TPSA) is 93.2 Å². The van der Waals surface area contributed by atoms with Gasteiger partial charge in [0.15, 0.2) is 11.6 Å². The number of halogens is 2. The van der Waals surface area contributed by atoms with Gasteiger partial charge in [0.05, 0.1) is 30.4 Å². The van der Waals surface area contributed by atoms with Crippen molar-refractivity contribution in [2.24, 2.45) is 0 Å². The van der Waals surface area contributed by atoms with Crippen LogP contribution in [0.5, 0.6) is 11.5 Å². The first-order valence-corrected chi connectivity index (χ1v) is 15.3. The molecule has 2 fully saturated rings. The Morgan fingerprint density at radius 3 is 1.71 bits per heavy atom. The van der Waals surface area contributed by atoms with Crippen molar-refractivity contribution in [1.29, 1.82) is 0 Å². The summed E-state index contributed by atoms with van der Waals surface area (Å²) in [5.41, 5.74) is 0.151. The summed E-state index contributed by atoms with van der Waals surface area (Å²) in [5, 5.41) is 0. The number of carbonyl (C=O) groups excluding carboxylic acids is 4. The predicted octanol–water partition coefficient (Wildman–Crippen LogP) is 5.17. The van der Waals surface area contributed by atoms with Crippen LogP contribution in [-0.4, -0.2) is 70.6 Å². The summed E-state index contributed by atoms with van der Waals surface area (Å²) >= 11 is 0. The maximum Gasteiger partial charge on any atom is 0.254 e. The molecule has 0 saturated carbocycles. The first-order valence-electron chi connectivity index (χ1n) is 15.3. The molecule has 0 unspecified atom stereocenters. The maximum atomic E-state index is 13.7. The van der Waals surface area contributed by atoms with E-state index in [-0.39, 0.29) is 53.8 Å². The molecule has 2 amide bonds. The first-order chi connectivity index (χ1) is 21.6. The second kappa shape index (κ2) is 11.1. The van der Waals surface area contributed by atoms with E-state index in [9.17, 15) is 28.0 Å². The van der Waals surface area contributed by atoms with Crippen molar-refractivity contribution in [2.45, 2.75) is 56.1 Å². The van der Waals surface area contributed by atoms with Gasteiger partial charge in [-0.2, -0.15) is 0 Å². The zero-order chi connectivity index (χ0) is 31.3. The fraction of sp³-hybridized carbons (Fsp3) is 0.371. The quantitative estimate of drug-likeness (QED) is 0.404. The Morgan fingerprint density at radius 2 is 1.18 bits per heavy atom. The van der Waals surface area contributed by atoms with E-state index in [4.69, 9.17) is 9.47 Å². The summed E-state index contributed by atoms with van der Waals surface area (Å²) in [7, 11) is 0. The lowest BCUT2D eigenvalue weighted by Crippen LogP contribution is -2.52. The molecule has 4 aliphatic rings. The SMILES string of the molecule is O=C1CC2(CCN(C(=O)Cc3ccccc3C(=O)N3CCC4(CC3)CC(=O)c3cc(F)ccc3O4)CC2)Oc2ccc(F)cc21. The highest BCUT2D eigenvalue weighted by atomic mass is 19.1. The lowest BCUT2D eigenvalue weighted by molar-refractivity contribution is -0.134. The zero-order valence-electron chi connectivity index (χ0n) is 24.7. The van der Waals surface area contributed by atoms with Gasteiger partial charge in [0.25, 0.3) is 5.91 Å². The third kappa shape index (κ3) is 5.47. The summed E-state index contributed by atoms with van der Waals surface area (Å²) in [6.45, 7) is 1.57. The Bertz CT molecular complexity index is 1720. The average Bonchev–Trinajstić information content (AvgIpc) is 3.03. The highest BCUT2D eigenvalue weighted by molar-refractivity contribution is 6.01. The van der Waals surface area contributed by atoms with Crippen LogP contribution in [0.3, 0.4) is 0 Å². The molecular weight excluding hydrogens is 582 g/mol. The molecule has 2 spiro atoms. The Hall–Kier alpha value is -4.60. The molecule has 0 bridgehead atoms. The predicted molar refractivity (Wildman–Crippen MR) is 159 cm³/mol. The molecule has 7 rings (SSSR count). The lowest BCUT2D eigenvalue weighted by atomic mass is 9.82. The molecule has 0 atom stereocenters. The molecule has 0 aliphatic carbocycles. The summed E-state index contributed by atoms with van der Waals surface area (Å²) in [6, 6.07) is 15.0. The Kier molecular flexibility index (Phi) is 7.17. The standard InChI is InChI=1S/C35H32F2N2O6/c36-23-5-7-30-26(18-23)28(40)20-34(44-30)9-13-38(14-10-34)32(42)17-22-3-1-2-4-25(22)33(43)39-15-11-35(12-16-39)21-29(41)27-19-24(37)6-8-31(27)45-35/h1-8,18-19H,9-17,20-21H2. The number of Topliss-reactive ketones (excluding diaryl/α,β-unsaturated/α-hetero) is 2. The highest BCUT2D eigenvalue weighted by Gasteiger charge is 2.45. The van der Waals surface area contributed by atoms with Crippen molar-refractivity contribution >= 4 is 23.4 Å². The van der Waals surface area contributed by atoms with Crippen LogP contribution in [0, 0.1) is 11.6 Å². The fourth-order valence-electron chi connectivity index (χ4n) is 7.10. The molecule has 0 radical (unpaired) electrons. The van der Waals surface area contributed by atoms with Crippen LogP contribution in [0.2, 0.25) is 0 Å². The van der Waals surface area contributed by atoms with Gasteiger partial charge in [-0.15, -0.1) is 0 Å². The Morgan fingerprint density at radius 1 is 0.689 bits per heavy atom. The van der Waals surface area contributed by atoms with Crippen LogP contribution in [0.4, 0.5) is 8.78 Å². The summed E-state index contributed by atoms with van der Waals surface area (Å²) in [4.78, 5) is 56.1. The number of ether oxygens (including phenoxy) is 2. The minimum absolute atomic E-state index is 0.0551. The number of hydrogen-bond donors (Lipinski definition) is 0. The van der Waals surface area contributed by atoms with Gasteiger partial charge in [0, 0.05) is 57.4 Å². The average molecular weight is 615 g/mol. The number of likely N-dealkylation sites (tertiary alicyclic amines) is 2. The third-order valence-electron chi connectivity index (χ3n) is 9.68. The molecule has 2 saturated heterocycles. The third-order valence-corrected chi connectivity index (χ3v) is 9.68. The first kappa shape index (κ1) is 29.1. The minimum Gasteiger partial charge on any atom is -0.486 e. The largest absolute Gasteiger partial charge is 0.486 e. The van der Waals surface area contributed by atoms with Crippen LogP contribution in [0.25, 0.3) is 0 Å². The highest BCUT2D eigenvalue weighted by Crippen LogP contribution is 2.41. The van der Waals surface area contributed by atoms with Gasteiger partial charge in [0.1, 0.15) is 34.3 Å². The number of fused-ring (bicyclic) bond motifs is 2. The van der Waals surface area contributed by atoms with Crippen molar-refractivity contribution in [3.05, 3.63) is 94.6 Å². The van der Waals surface area contributed by atoms with E-state index < -0.39 is 22.8 Å². The lowest BCUT2D eigenvalue weighted by Gasteiger charge is -2.44. The Balaban J connectivity index is 0.978. The molecule has 0 N–H and O–H groups in total. The van der Waals surface area contributed by atoms with Gasteiger partial charge in [0.2, 0.25) is 5.91 Å². The number of rotatable bonds is 3. The van der Waals surface area contributed by atoms with E-state index in [0.717, 1.165) is 0 Å². The van der Waals surface area contributed by atoms with Crippen LogP contribution < -0.4 is 9.47 Å².